The highest BCUT2D eigenvalue weighted by atomic mass is 32.2. The summed E-state index contributed by atoms with van der Waals surface area (Å²) in [6.45, 7) is -0.306. The van der Waals surface area contributed by atoms with Crippen LogP contribution in [-0.2, 0) is 10.0 Å². The Labute approximate surface area is 133 Å². The van der Waals surface area contributed by atoms with Crippen molar-refractivity contribution in [3.05, 3.63) is 60.2 Å². The van der Waals surface area contributed by atoms with Crippen molar-refractivity contribution in [1.29, 1.82) is 0 Å². The highest BCUT2D eigenvalue weighted by Crippen LogP contribution is 2.14. The summed E-state index contributed by atoms with van der Waals surface area (Å²) in [7, 11) is -3.97. The molecule has 0 radical (unpaired) electrons. The largest absolute Gasteiger partial charge is 0.478 e. The van der Waals surface area contributed by atoms with E-state index in [1.54, 1.807) is 6.07 Å². The minimum absolute atomic E-state index is 0.0636. The van der Waals surface area contributed by atoms with E-state index in [-0.39, 0.29) is 18.9 Å². The van der Waals surface area contributed by atoms with Crippen LogP contribution in [0.4, 0.5) is 8.78 Å². The maximum Gasteiger partial charge on any atom is 0.244 e. The molecule has 0 bridgehead atoms. The molecule has 4 nitrogen and oxygen atoms in total. The fourth-order valence-electron chi connectivity index (χ4n) is 1.66. The number of benzene rings is 2. The molecule has 0 fully saturated rings. The van der Waals surface area contributed by atoms with Crippen molar-refractivity contribution in [3.63, 3.8) is 0 Å². The molecule has 0 aliphatic carbocycles. The summed E-state index contributed by atoms with van der Waals surface area (Å²) in [4.78, 5) is -0.440. The number of hydrogen-bond donors (Lipinski definition) is 1. The molecule has 2 aromatic carbocycles. The monoisotopic (exact) mass is 337 g/mol. The van der Waals surface area contributed by atoms with E-state index in [4.69, 9.17) is 4.74 Å². The lowest BCUT2D eigenvalue weighted by atomic mass is 10.3. The third kappa shape index (κ3) is 4.77. The van der Waals surface area contributed by atoms with Gasteiger partial charge in [0, 0.05) is 0 Å². The summed E-state index contributed by atoms with van der Waals surface area (Å²) in [6, 6.07) is 10.9. The van der Waals surface area contributed by atoms with Crippen LogP contribution in [0.25, 0.3) is 0 Å². The minimum atomic E-state index is -3.97. The number of nitrogens with one attached hydrogen (secondary N) is 1. The number of ether oxygens (including phenoxy) is 1. The minimum Gasteiger partial charge on any atom is -0.478 e. The first-order valence-electron chi connectivity index (χ1n) is 6.58. The molecule has 23 heavy (non-hydrogen) atoms. The van der Waals surface area contributed by atoms with Crippen molar-refractivity contribution in [2.75, 3.05) is 13.2 Å². The fraction of sp³-hybridized carbons (Fsp3) is 0.125. The van der Waals surface area contributed by atoms with Gasteiger partial charge in [-0.25, -0.2) is 17.2 Å². The van der Waals surface area contributed by atoms with E-state index in [0.717, 1.165) is 12.1 Å². The quantitative estimate of drug-likeness (QED) is 0.852. The van der Waals surface area contributed by atoms with E-state index >= 15 is 0 Å². The molecule has 0 atom stereocenters. The Hall–Kier alpha value is -2.43. The second kappa shape index (κ2) is 7.72. The fourth-order valence-corrected chi connectivity index (χ4v) is 2.66. The average Bonchev–Trinajstić information content (AvgIpc) is 2.52. The highest BCUT2D eigenvalue weighted by Gasteiger charge is 2.16. The van der Waals surface area contributed by atoms with Gasteiger partial charge in [0.2, 0.25) is 10.0 Å². The predicted molar refractivity (Wildman–Crippen MR) is 81.3 cm³/mol. The smallest absolute Gasteiger partial charge is 0.244 e. The van der Waals surface area contributed by atoms with Crippen LogP contribution in [0.5, 0.6) is 5.75 Å². The van der Waals surface area contributed by atoms with Crippen LogP contribution in [0.3, 0.4) is 0 Å². The molecule has 0 aromatic heterocycles. The number of rotatable bonds is 5. The van der Waals surface area contributed by atoms with Crippen molar-refractivity contribution in [2.45, 2.75) is 4.90 Å². The molecule has 0 saturated heterocycles. The Morgan fingerprint density at radius 2 is 1.61 bits per heavy atom. The van der Waals surface area contributed by atoms with Crippen LogP contribution >= 0.6 is 0 Å². The van der Waals surface area contributed by atoms with Gasteiger partial charge in [0.15, 0.2) is 11.6 Å². The average molecular weight is 337 g/mol. The first-order chi connectivity index (χ1) is 11.0. The van der Waals surface area contributed by atoms with Gasteiger partial charge in [0.05, 0.1) is 6.54 Å². The molecule has 2 rings (SSSR count). The lowest BCUT2D eigenvalue weighted by Crippen LogP contribution is -2.25. The topological polar surface area (TPSA) is 55.4 Å². The Bertz CT molecular complexity index is 842. The van der Waals surface area contributed by atoms with Gasteiger partial charge in [-0.1, -0.05) is 36.1 Å². The maximum atomic E-state index is 13.4. The molecule has 2 aromatic rings. The normalized spacial score (nSPS) is 10.7. The van der Waals surface area contributed by atoms with Crippen LogP contribution in [0.15, 0.2) is 53.4 Å². The second-order valence-electron chi connectivity index (χ2n) is 4.33. The molecule has 0 aliphatic rings. The first kappa shape index (κ1) is 16.9. The predicted octanol–water partition coefficient (Wildman–Crippen LogP) is 2.33. The Morgan fingerprint density at radius 3 is 2.30 bits per heavy atom. The standard InChI is InChI=1S/C16H13F2NO3S/c17-13-7-1-3-9-15(13)22-12-6-5-11-19-23(20,21)16-10-4-2-8-14(16)18/h1-4,7-10,19H,11-12H2. The van der Waals surface area contributed by atoms with Gasteiger partial charge in [-0.3, -0.25) is 0 Å². The van der Waals surface area contributed by atoms with Gasteiger partial charge in [-0.05, 0) is 24.3 Å². The molecule has 7 heteroatoms. The number of para-hydroxylation sites is 1. The molecular weight excluding hydrogens is 324 g/mol. The van der Waals surface area contributed by atoms with E-state index in [2.05, 4.69) is 16.6 Å². The van der Waals surface area contributed by atoms with Gasteiger partial charge < -0.3 is 4.74 Å². The van der Waals surface area contributed by atoms with Crippen molar-refractivity contribution in [2.24, 2.45) is 0 Å². The third-order valence-corrected chi connectivity index (χ3v) is 4.17. The summed E-state index contributed by atoms with van der Waals surface area (Å²) in [6.07, 6.45) is 0. The number of hydrogen-bond acceptors (Lipinski definition) is 3. The van der Waals surface area contributed by atoms with Gasteiger partial charge in [0.25, 0.3) is 0 Å². The van der Waals surface area contributed by atoms with Crippen molar-refractivity contribution in [1.82, 2.24) is 4.72 Å². The number of sulfonamides is 1. The number of halogens is 2. The third-order valence-electron chi connectivity index (χ3n) is 2.74. The first-order valence-corrected chi connectivity index (χ1v) is 8.06. The van der Waals surface area contributed by atoms with E-state index < -0.39 is 26.6 Å². The van der Waals surface area contributed by atoms with Crippen LogP contribution in [0, 0.1) is 23.5 Å². The summed E-state index contributed by atoms with van der Waals surface area (Å²) in [5.74, 6) is 3.77. The summed E-state index contributed by atoms with van der Waals surface area (Å²) < 4.78 is 57.6. The van der Waals surface area contributed by atoms with Crippen molar-refractivity contribution in [3.8, 4) is 17.6 Å². The molecular formula is C16H13F2NO3S. The Morgan fingerprint density at radius 1 is 0.957 bits per heavy atom. The highest BCUT2D eigenvalue weighted by molar-refractivity contribution is 7.89. The van der Waals surface area contributed by atoms with Crippen molar-refractivity contribution >= 4 is 10.0 Å². The van der Waals surface area contributed by atoms with Gasteiger partial charge in [-0.2, -0.15) is 4.72 Å². The van der Waals surface area contributed by atoms with Gasteiger partial charge >= 0.3 is 0 Å². The second-order valence-corrected chi connectivity index (χ2v) is 6.06. The van der Waals surface area contributed by atoms with E-state index in [1.165, 1.54) is 30.3 Å². The molecule has 0 unspecified atom stereocenters. The van der Waals surface area contributed by atoms with E-state index in [9.17, 15) is 17.2 Å². The lowest BCUT2D eigenvalue weighted by molar-refractivity contribution is 0.348. The summed E-state index contributed by atoms with van der Waals surface area (Å²) in [5.41, 5.74) is 0. The molecule has 0 amide bonds. The lowest BCUT2D eigenvalue weighted by Gasteiger charge is -2.04. The van der Waals surface area contributed by atoms with E-state index in [0.29, 0.717) is 0 Å². The molecule has 0 aliphatic heterocycles. The van der Waals surface area contributed by atoms with Crippen LogP contribution in [0.2, 0.25) is 0 Å². The maximum absolute atomic E-state index is 13.4. The summed E-state index contributed by atoms with van der Waals surface area (Å²) in [5, 5.41) is 0. The van der Waals surface area contributed by atoms with Crippen LogP contribution in [0.1, 0.15) is 0 Å². The SMILES string of the molecule is O=S(=O)(NCC#CCOc1ccccc1F)c1ccccc1F. The summed E-state index contributed by atoms with van der Waals surface area (Å²) >= 11 is 0. The molecule has 0 saturated carbocycles. The van der Waals surface area contributed by atoms with Gasteiger partial charge in [0.1, 0.15) is 17.3 Å². The Balaban J connectivity index is 1.86. The Kier molecular flexibility index (Phi) is 5.68. The molecule has 0 heterocycles. The van der Waals surface area contributed by atoms with Crippen molar-refractivity contribution < 1.29 is 21.9 Å². The van der Waals surface area contributed by atoms with E-state index in [1.807, 2.05) is 0 Å². The zero-order valence-corrected chi connectivity index (χ0v) is 12.7. The molecule has 120 valence electrons. The van der Waals surface area contributed by atoms with Crippen LogP contribution < -0.4 is 9.46 Å². The zero-order valence-electron chi connectivity index (χ0n) is 11.9. The molecule has 1 N–H and O–H groups in total. The van der Waals surface area contributed by atoms with Crippen LogP contribution in [-0.4, -0.2) is 21.6 Å². The zero-order chi connectivity index (χ0) is 16.7. The van der Waals surface area contributed by atoms with Gasteiger partial charge in [-0.15, -0.1) is 0 Å². The molecule has 0 spiro atoms.